The van der Waals surface area contributed by atoms with Crippen LogP contribution in [0.1, 0.15) is 15.9 Å². The molecular weight excluding hydrogens is 452 g/mol. The number of aliphatic hydroxyl groups is 1. The van der Waals surface area contributed by atoms with Crippen molar-refractivity contribution >= 4 is 23.1 Å². The van der Waals surface area contributed by atoms with Gasteiger partial charge in [0.25, 0.3) is 5.91 Å². The third-order valence-electron chi connectivity index (χ3n) is 5.28. The predicted molar refractivity (Wildman–Crippen MR) is 125 cm³/mol. The Hall–Kier alpha value is -4.76. The van der Waals surface area contributed by atoms with Crippen molar-refractivity contribution in [3.05, 3.63) is 60.2 Å². The number of methoxy groups -OCH3 is 1. The molecule has 0 bridgehead atoms. The maximum Gasteiger partial charge on any atom is 0.261 e. The van der Waals surface area contributed by atoms with Crippen molar-refractivity contribution in [1.82, 2.24) is 29.3 Å². The Balaban J connectivity index is 1.75. The molecule has 0 aliphatic heterocycles. The molecule has 12 nitrogen and oxygen atoms in total. The number of carbonyl (C=O) groups is 2. The van der Waals surface area contributed by atoms with Gasteiger partial charge in [0.15, 0.2) is 5.65 Å². The van der Waals surface area contributed by atoms with Crippen LogP contribution < -0.4 is 10.1 Å². The van der Waals surface area contributed by atoms with Crippen LogP contribution in [0.15, 0.2) is 49.1 Å². The van der Waals surface area contributed by atoms with Gasteiger partial charge in [-0.25, -0.2) is 9.50 Å². The Labute approximate surface area is 200 Å². The third kappa shape index (κ3) is 4.80. The molecule has 3 aromatic heterocycles. The van der Waals surface area contributed by atoms with Gasteiger partial charge in [-0.05, 0) is 24.3 Å². The van der Waals surface area contributed by atoms with E-state index in [0.717, 1.165) is 0 Å². The molecule has 3 heterocycles. The van der Waals surface area contributed by atoms with Crippen LogP contribution in [0.25, 0.3) is 16.9 Å². The van der Waals surface area contributed by atoms with Gasteiger partial charge in [0, 0.05) is 37.7 Å². The van der Waals surface area contributed by atoms with E-state index < -0.39 is 5.91 Å². The molecule has 2 amide bonds. The molecule has 0 aliphatic carbocycles. The molecule has 178 valence electrons. The largest absolute Gasteiger partial charge is 0.496 e. The first-order valence-electron chi connectivity index (χ1n) is 10.6. The quantitative estimate of drug-likeness (QED) is 0.386. The molecule has 2 N–H and O–H groups in total. The highest BCUT2D eigenvalue weighted by molar-refractivity contribution is 6.09. The smallest absolute Gasteiger partial charge is 0.261 e. The van der Waals surface area contributed by atoms with Crippen molar-refractivity contribution in [3.8, 4) is 23.1 Å². The maximum atomic E-state index is 13.1. The summed E-state index contributed by atoms with van der Waals surface area (Å²) in [5.74, 6) is -0.319. The zero-order valence-corrected chi connectivity index (χ0v) is 19.0. The number of carbonyl (C=O) groups excluding carboxylic acids is 2. The third-order valence-corrected chi connectivity index (χ3v) is 5.28. The fraction of sp³-hybridized carbons (Fsp3) is 0.217. The lowest BCUT2D eigenvalue weighted by molar-refractivity contribution is -0.131. The summed E-state index contributed by atoms with van der Waals surface area (Å²) < 4.78 is 8.32. The molecule has 0 saturated heterocycles. The Morgan fingerprint density at radius 1 is 1.34 bits per heavy atom. The highest BCUT2D eigenvalue weighted by Crippen LogP contribution is 2.35. The number of anilines is 1. The van der Waals surface area contributed by atoms with E-state index in [1.807, 2.05) is 0 Å². The van der Waals surface area contributed by atoms with Crippen molar-refractivity contribution in [2.75, 3.05) is 32.6 Å². The summed E-state index contributed by atoms with van der Waals surface area (Å²) in [6.07, 6.45) is 6.17. The van der Waals surface area contributed by atoms with Crippen molar-refractivity contribution < 1.29 is 19.4 Å². The molecule has 0 spiro atoms. The lowest BCUT2D eigenvalue weighted by Crippen LogP contribution is -2.32. The van der Waals surface area contributed by atoms with E-state index >= 15 is 0 Å². The summed E-state index contributed by atoms with van der Waals surface area (Å²) in [5.41, 5.74) is 2.09. The molecule has 0 saturated carbocycles. The van der Waals surface area contributed by atoms with Crippen molar-refractivity contribution in [2.24, 2.45) is 0 Å². The van der Waals surface area contributed by atoms with Gasteiger partial charge in [-0.15, -0.1) is 0 Å². The van der Waals surface area contributed by atoms with Gasteiger partial charge in [0.2, 0.25) is 5.91 Å². The van der Waals surface area contributed by atoms with E-state index in [1.54, 1.807) is 43.7 Å². The number of hydrogen-bond donors (Lipinski definition) is 2. The molecule has 0 aliphatic rings. The van der Waals surface area contributed by atoms with Crippen LogP contribution >= 0.6 is 0 Å². The van der Waals surface area contributed by atoms with Crippen LogP contribution in [0.5, 0.6) is 5.75 Å². The normalized spacial score (nSPS) is 10.7. The van der Waals surface area contributed by atoms with Gasteiger partial charge in [-0.3, -0.25) is 14.3 Å². The number of aromatic nitrogens is 5. The molecule has 12 heteroatoms. The van der Waals surface area contributed by atoms with Crippen molar-refractivity contribution in [1.29, 1.82) is 5.26 Å². The Morgan fingerprint density at radius 2 is 2.17 bits per heavy atom. The van der Waals surface area contributed by atoms with Crippen LogP contribution in [0.2, 0.25) is 0 Å². The standard InChI is InChI=1S/C23H22N8O4/c1-29(8-9-32)20(33)14-30-13-18(21(28-30)16-10-15(11-24)4-5-19(16)35-2)27-23(34)17-12-26-31-7-3-6-25-22(17)31/h3-7,10,12-13,32H,8-9,14H2,1-2H3,(H,27,34). The van der Waals surface area contributed by atoms with Crippen molar-refractivity contribution in [3.63, 3.8) is 0 Å². The Bertz CT molecular complexity index is 1440. The molecule has 35 heavy (non-hydrogen) atoms. The SMILES string of the molecule is COc1ccc(C#N)cc1-c1nn(CC(=O)N(C)CCO)cc1NC(=O)c1cnn2cccnc12. The number of ether oxygens (including phenoxy) is 1. The first-order valence-corrected chi connectivity index (χ1v) is 10.6. The lowest BCUT2D eigenvalue weighted by Gasteiger charge is -2.15. The number of nitrogens with one attached hydrogen (secondary N) is 1. The number of aliphatic hydroxyl groups excluding tert-OH is 1. The minimum absolute atomic E-state index is 0.127. The summed E-state index contributed by atoms with van der Waals surface area (Å²) in [7, 11) is 3.06. The molecule has 0 fully saturated rings. The number of amides is 2. The van der Waals surface area contributed by atoms with Gasteiger partial charge >= 0.3 is 0 Å². The highest BCUT2D eigenvalue weighted by atomic mass is 16.5. The van der Waals surface area contributed by atoms with Crippen LogP contribution in [0, 0.1) is 11.3 Å². The second kappa shape index (κ2) is 10.0. The molecule has 4 rings (SSSR count). The van der Waals surface area contributed by atoms with Gasteiger partial charge in [0.1, 0.15) is 23.6 Å². The zero-order valence-electron chi connectivity index (χ0n) is 19.0. The molecular formula is C23H22N8O4. The zero-order chi connectivity index (χ0) is 24.9. The number of hydrogen-bond acceptors (Lipinski definition) is 8. The summed E-state index contributed by atoms with van der Waals surface area (Å²) in [6.45, 7) is -0.117. The molecule has 1 aromatic carbocycles. The number of fused-ring (bicyclic) bond motifs is 1. The van der Waals surface area contributed by atoms with Gasteiger partial charge in [-0.2, -0.15) is 15.5 Å². The Morgan fingerprint density at radius 3 is 2.91 bits per heavy atom. The molecule has 4 aromatic rings. The first kappa shape index (κ1) is 23.4. The molecule has 0 atom stereocenters. The van der Waals surface area contributed by atoms with E-state index in [4.69, 9.17) is 9.84 Å². The van der Waals surface area contributed by atoms with Gasteiger partial charge in [0.05, 0.1) is 37.2 Å². The minimum Gasteiger partial charge on any atom is -0.496 e. The minimum atomic E-state index is -0.473. The van der Waals surface area contributed by atoms with Gasteiger partial charge < -0.3 is 20.1 Å². The van der Waals surface area contributed by atoms with Crippen LogP contribution in [0.3, 0.4) is 0 Å². The highest BCUT2D eigenvalue weighted by Gasteiger charge is 2.22. The summed E-state index contributed by atoms with van der Waals surface area (Å²) >= 11 is 0. The Kier molecular flexibility index (Phi) is 6.70. The van der Waals surface area contributed by atoms with E-state index in [-0.39, 0.29) is 31.2 Å². The van der Waals surface area contributed by atoms with E-state index in [2.05, 4.69) is 26.6 Å². The maximum absolute atomic E-state index is 13.1. The lowest BCUT2D eigenvalue weighted by atomic mass is 10.1. The fourth-order valence-electron chi connectivity index (χ4n) is 3.47. The average molecular weight is 474 g/mol. The number of rotatable bonds is 8. The monoisotopic (exact) mass is 474 g/mol. The summed E-state index contributed by atoms with van der Waals surface area (Å²) in [5, 5.41) is 30.0. The second-order valence-corrected chi connectivity index (χ2v) is 7.55. The van der Waals surface area contributed by atoms with E-state index in [9.17, 15) is 14.9 Å². The topological polar surface area (TPSA) is 151 Å². The van der Waals surface area contributed by atoms with Crippen molar-refractivity contribution in [2.45, 2.75) is 6.54 Å². The number of nitrogens with zero attached hydrogens (tertiary/aromatic N) is 7. The first-order chi connectivity index (χ1) is 16.9. The fourth-order valence-corrected chi connectivity index (χ4v) is 3.47. The van der Waals surface area contributed by atoms with Crippen LogP contribution in [-0.2, 0) is 11.3 Å². The number of nitriles is 1. The van der Waals surface area contributed by atoms with Crippen LogP contribution in [0.4, 0.5) is 5.69 Å². The van der Waals surface area contributed by atoms with Crippen LogP contribution in [-0.4, -0.2) is 73.5 Å². The molecule has 0 radical (unpaired) electrons. The van der Waals surface area contributed by atoms with Gasteiger partial charge in [-0.1, -0.05) is 0 Å². The summed E-state index contributed by atoms with van der Waals surface area (Å²) in [6, 6.07) is 8.61. The molecule has 0 unspecified atom stereocenters. The summed E-state index contributed by atoms with van der Waals surface area (Å²) in [4.78, 5) is 31.2. The second-order valence-electron chi connectivity index (χ2n) is 7.55. The van der Waals surface area contributed by atoms with E-state index in [0.29, 0.717) is 33.9 Å². The average Bonchev–Trinajstić information content (AvgIpc) is 3.47. The van der Waals surface area contributed by atoms with E-state index in [1.165, 1.54) is 33.6 Å². The predicted octanol–water partition coefficient (Wildman–Crippen LogP) is 1.18. The number of benzene rings is 1. The number of likely N-dealkylation sites (N-methyl/N-ethyl adjacent to an activating group) is 1.